The van der Waals surface area contributed by atoms with Crippen molar-refractivity contribution < 1.29 is 24.3 Å². The van der Waals surface area contributed by atoms with Crippen LogP contribution in [0.4, 0.5) is 9.93 Å². The zero-order chi connectivity index (χ0) is 21.0. The van der Waals surface area contributed by atoms with Crippen LogP contribution in [0.1, 0.15) is 48.3 Å². The summed E-state index contributed by atoms with van der Waals surface area (Å²) in [7, 11) is 0. The first kappa shape index (κ1) is 20.5. The fourth-order valence-electron chi connectivity index (χ4n) is 3.05. The van der Waals surface area contributed by atoms with Crippen molar-refractivity contribution in [1.29, 1.82) is 0 Å². The largest absolute Gasteiger partial charge is 0.476 e. The standard InChI is InChI=1S/C19H20N4O5S/c1-2-3-9-13(15(24)22-18-20-12(10-29-18)17(26)27)23-16(25)14(21-19(23)28)11-7-5-4-6-8-11/h4-8,10,13-14H,2-3,9H2,1H3,(H,21,28)(H,26,27)(H,20,22,24). The Kier molecular flexibility index (Phi) is 6.23. The van der Waals surface area contributed by atoms with Gasteiger partial charge in [-0.2, -0.15) is 0 Å². The highest BCUT2D eigenvalue weighted by Gasteiger charge is 2.45. The molecule has 0 bridgehead atoms. The lowest BCUT2D eigenvalue weighted by atomic mass is 10.0. The van der Waals surface area contributed by atoms with Crippen molar-refractivity contribution in [3.05, 3.63) is 47.0 Å². The molecule has 2 heterocycles. The van der Waals surface area contributed by atoms with Crippen LogP contribution in [0.2, 0.25) is 0 Å². The monoisotopic (exact) mass is 416 g/mol. The summed E-state index contributed by atoms with van der Waals surface area (Å²) in [6.45, 7) is 1.94. The molecule has 1 fully saturated rings. The van der Waals surface area contributed by atoms with Crippen molar-refractivity contribution in [2.24, 2.45) is 0 Å². The Labute approximate surface area is 170 Å². The van der Waals surface area contributed by atoms with Crippen LogP contribution < -0.4 is 10.6 Å². The van der Waals surface area contributed by atoms with Gasteiger partial charge in [0.1, 0.15) is 12.1 Å². The van der Waals surface area contributed by atoms with E-state index in [0.717, 1.165) is 22.7 Å². The molecule has 152 valence electrons. The van der Waals surface area contributed by atoms with E-state index >= 15 is 0 Å². The third-order valence-corrected chi connectivity index (χ3v) is 5.26. The molecule has 3 rings (SSSR count). The molecule has 1 aliphatic rings. The topological polar surface area (TPSA) is 129 Å². The van der Waals surface area contributed by atoms with Gasteiger partial charge in [0, 0.05) is 5.38 Å². The second-order valence-corrected chi connectivity index (χ2v) is 7.35. The summed E-state index contributed by atoms with van der Waals surface area (Å²) in [6.07, 6.45) is 1.69. The van der Waals surface area contributed by atoms with Crippen molar-refractivity contribution in [2.75, 3.05) is 5.32 Å². The van der Waals surface area contributed by atoms with Gasteiger partial charge in [-0.1, -0.05) is 50.1 Å². The Bertz CT molecular complexity index is 930. The maximum absolute atomic E-state index is 12.9. The van der Waals surface area contributed by atoms with Crippen LogP contribution >= 0.6 is 11.3 Å². The number of thiazole rings is 1. The lowest BCUT2D eigenvalue weighted by Gasteiger charge is -2.24. The Hall–Kier alpha value is -3.27. The zero-order valence-electron chi connectivity index (χ0n) is 15.6. The predicted octanol–water partition coefficient (Wildman–Crippen LogP) is 2.63. The normalized spacial score (nSPS) is 17.1. The number of benzene rings is 1. The van der Waals surface area contributed by atoms with Crippen molar-refractivity contribution in [1.82, 2.24) is 15.2 Å². The molecule has 0 radical (unpaired) electrons. The maximum atomic E-state index is 12.9. The molecule has 3 N–H and O–H groups in total. The number of hydrogen-bond acceptors (Lipinski definition) is 6. The van der Waals surface area contributed by atoms with E-state index in [1.165, 1.54) is 5.38 Å². The Morgan fingerprint density at radius 3 is 2.66 bits per heavy atom. The van der Waals surface area contributed by atoms with E-state index in [-0.39, 0.29) is 10.8 Å². The number of nitrogens with zero attached hydrogens (tertiary/aromatic N) is 2. The van der Waals surface area contributed by atoms with Gasteiger partial charge >= 0.3 is 12.0 Å². The summed E-state index contributed by atoms with van der Waals surface area (Å²) < 4.78 is 0. The third kappa shape index (κ3) is 4.43. The molecule has 2 atom stereocenters. The molecule has 9 nitrogen and oxygen atoms in total. The SMILES string of the molecule is CCCCC(C(=O)Nc1nc(C(=O)O)cs1)N1C(=O)NC(c2ccccc2)C1=O. The summed E-state index contributed by atoms with van der Waals surface area (Å²) in [4.78, 5) is 54.1. The fraction of sp³-hybridized carbons (Fsp3) is 0.316. The first-order chi connectivity index (χ1) is 13.9. The summed E-state index contributed by atoms with van der Waals surface area (Å²) in [5.41, 5.74) is 0.448. The summed E-state index contributed by atoms with van der Waals surface area (Å²) in [5, 5.41) is 15.5. The molecule has 0 saturated carbocycles. The molecular formula is C19H20N4O5S. The van der Waals surface area contributed by atoms with E-state index in [2.05, 4.69) is 15.6 Å². The zero-order valence-corrected chi connectivity index (χ0v) is 16.4. The second kappa shape index (κ2) is 8.82. The summed E-state index contributed by atoms with van der Waals surface area (Å²) >= 11 is 0.961. The molecule has 1 aliphatic heterocycles. The minimum Gasteiger partial charge on any atom is -0.476 e. The fourth-order valence-corrected chi connectivity index (χ4v) is 3.74. The number of aromatic nitrogens is 1. The molecule has 2 unspecified atom stereocenters. The highest BCUT2D eigenvalue weighted by molar-refractivity contribution is 7.14. The van der Waals surface area contributed by atoms with Crippen LogP contribution in [0.3, 0.4) is 0 Å². The first-order valence-electron chi connectivity index (χ1n) is 9.10. The number of hydrogen-bond donors (Lipinski definition) is 3. The van der Waals surface area contributed by atoms with E-state index in [0.29, 0.717) is 18.4 Å². The average Bonchev–Trinajstić information content (AvgIpc) is 3.28. The van der Waals surface area contributed by atoms with Crippen LogP contribution in [-0.4, -0.2) is 44.8 Å². The van der Waals surface area contributed by atoms with Gasteiger partial charge in [-0.15, -0.1) is 11.3 Å². The molecule has 0 aliphatic carbocycles. The molecule has 2 aromatic rings. The number of carboxylic acids is 1. The lowest BCUT2D eigenvalue weighted by molar-refractivity contribution is -0.134. The quantitative estimate of drug-likeness (QED) is 0.568. The highest BCUT2D eigenvalue weighted by atomic mass is 32.1. The van der Waals surface area contributed by atoms with E-state index in [9.17, 15) is 19.2 Å². The first-order valence-corrected chi connectivity index (χ1v) is 9.98. The molecule has 4 amide bonds. The van der Waals surface area contributed by atoms with Gasteiger partial charge in [0.2, 0.25) is 5.91 Å². The number of aromatic carboxylic acids is 1. The second-order valence-electron chi connectivity index (χ2n) is 6.49. The van der Waals surface area contributed by atoms with Crippen molar-refractivity contribution >= 4 is 40.3 Å². The van der Waals surface area contributed by atoms with E-state index in [4.69, 9.17) is 5.11 Å². The van der Waals surface area contributed by atoms with Gasteiger partial charge in [0.15, 0.2) is 10.8 Å². The Morgan fingerprint density at radius 1 is 1.31 bits per heavy atom. The van der Waals surface area contributed by atoms with E-state index in [1.807, 2.05) is 6.92 Å². The van der Waals surface area contributed by atoms with Crippen LogP contribution in [0.5, 0.6) is 0 Å². The van der Waals surface area contributed by atoms with E-state index in [1.54, 1.807) is 30.3 Å². The van der Waals surface area contributed by atoms with Gasteiger partial charge in [-0.3, -0.25) is 9.59 Å². The van der Waals surface area contributed by atoms with Crippen LogP contribution in [0, 0.1) is 0 Å². The number of unbranched alkanes of at least 4 members (excludes halogenated alkanes) is 1. The van der Waals surface area contributed by atoms with Gasteiger partial charge in [-0.25, -0.2) is 19.5 Å². The minimum absolute atomic E-state index is 0.0977. The molecule has 1 aromatic carbocycles. The number of carbonyl (C=O) groups excluding carboxylic acids is 3. The molecule has 1 aromatic heterocycles. The summed E-state index contributed by atoms with van der Waals surface area (Å²) in [5.74, 6) is -2.28. The molecule has 1 saturated heterocycles. The average molecular weight is 416 g/mol. The van der Waals surface area contributed by atoms with Gasteiger partial charge < -0.3 is 15.7 Å². The Balaban J connectivity index is 1.81. The highest BCUT2D eigenvalue weighted by Crippen LogP contribution is 2.26. The maximum Gasteiger partial charge on any atom is 0.355 e. The molecular weight excluding hydrogens is 396 g/mol. The number of carbonyl (C=O) groups is 4. The molecule has 0 spiro atoms. The molecule has 29 heavy (non-hydrogen) atoms. The van der Waals surface area contributed by atoms with Gasteiger partial charge in [0.25, 0.3) is 5.91 Å². The van der Waals surface area contributed by atoms with Gasteiger partial charge in [-0.05, 0) is 12.0 Å². The minimum atomic E-state index is -1.20. The van der Waals surface area contributed by atoms with Gasteiger partial charge in [0.05, 0.1) is 0 Å². The number of anilines is 1. The smallest absolute Gasteiger partial charge is 0.355 e. The number of imide groups is 1. The number of rotatable bonds is 8. The Morgan fingerprint density at radius 2 is 2.03 bits per heavy atom. The van der Waals surface area contributed by atoms with Crippen molar-refractivity contribution in [2.45, 2.75) is 38.3 Å². The van der Waals surface area contributed by atoms with Crippen LogP contribution in [0.25, 0.3) is 0 Å². The lowest BCUT2D eigenvalue weighted by Crippen LogP contribution is -2.47. The number of nitrogens with one attached hydrogen (secondary N) is 2. The van der Waals surface area contributed by atoms with E-state index < -0.39 is 35.9 Å². The predicted molar refractivity (Wildman–Crippen MR) is 106 cm³/mol. The third-order valence-electron chi connectivity index (χ3n) is 4.50. The number of urea groups is 1. The molecule has 10 heteroatoms. The van der Waals surface area contributed by atoms with Crippen LogP contribution in [0.15, 0.2) is 35.7 Å². The van der Waals surface area contributed by atoms with Crippen molar-refractivity contribution in [3.63, 3.8) is 0 Å². The van der Waals surface area contributed by atoms with Crippen LogP contribution in [-0.2, 0) is 9.59 Å². The summed E-state index contributed by atoms with van der Waals surface area (Å²) in [6, 6.07) is 6.30. The number of carboxylic acid groups (broad SMARTS) is 1. The number of amides is 4. The van der Waals surface area contributed by atoms with Crippen molar-refractivity contribution in [3.8, 4) is 0 Å².